The van der Waals surface area contributed by atoms with E-state index in [9.17, 15) is 14.7 Å². The molecule has 1 amide bonds. The first-order valence-electron chi connectivity index (χ1n) is 11.4. The summed E-state index contributed by atoms with van der Waals surface area (Å²) in [7, 11) is 3.93. The van der Waals surface area contributed by atoms with E-state index in [1.807, 2.05) is 67.5 Å². The van der Waals surface area contributed by atoms with E-state index in [2.05, 4.69) is 28.2 Å². The van der Waals surface area contributed by atoms with E-state index in [0.717, 1.165) is 47.1 Å². The van der Waals surface area contributed by atoms with Gasteiger partial charge < -0.3 is 19.9 Å². The highest BCUT2D eigenvalue weighted by Crippen LogP contribution is 2.31. The van der Waals surface area contributed by atoms with Gasteiger partial charge in [-0.1, -0.05) is 36.4 Å². The summed E-state index contributed by atoms with van der Waals surface area (Å²) in [5.74, 6) is -1.01. The van der Waals surface area contributed by atoms with E-state index in [1.165, 1.54) is 0 Å². The highest BCUT2D eigenvalue weighted by atomic mass is 16.4. The second-order valence-corrected chi connectivity index (χ2v) is 8.54. The smallest absolute Gasteiger partial charge is 0.335 e. The summed E-state index contributed by atoms with van der Waals surface area (Å²) in [6, 6.07) is 22.9. The third-order valence-electron chi connectivity index (χ3n) is 5.97. The van der Waals surface area contributed by atoms with Crippen LogP contribution in [-0.4, -0.2) is 42.2 Å². The maximum absolute atomic E-state index is 12.4. The van der Waals surface area contributed by atoms with Gasteiger partial charge in [0.15, 0.2) is 0 Å². The molecule has 0 unspecified atom stereocenters. The van der Waals surface area contributed by atoms with Gasteiger partial charge in [0.05, 0.1) is 5.56 Å². The molecule has 0 aliphatic carbocycles. The zero-order valence-electron chi connectivity index (χ0n) is 19.5. The van der Waals surface area contributed by atoms with Gasteiger partial charge >= 0.3 is 5.97 Å². The second kappa shape index (κ2) is 10.3. The minimum Gasteiger partial charge on any atom is -0.478 e. The van der Waals surface area contributed by atoms with Gasteiger partial charge in [0.2, 0.25) is 0 Å². The van der Waals surface area contributed by atoms with Crippen LogP contribution in [0.1, 0.15) is 33.6 Å². The van der Waals surface area contributed by atoms with Crippen LogP contribution in [0.4, 0.5) is 5.69 Å². The average molecular weight is 456 g/mol. The molecular weight excluding hydrogens is 426 g/mol. The van der Waals surface area contributed by atoms with Crippen molar-refractivity contribution >= 4 is 28.5 Å². The SMILES string of the molecule is CN(C)c1ccc(C(=O)NCCCCn2cc(-c3ccccc3)c3ccc(C(=O)O)cc32)cc1. The Bertz CT molecular complexity index is 1290. The molecule has 1 aromatic heterocycles. The molecule has 3 aromatic carbocycles. The largest absolute Gasteiger partial charge is 0.478 e. The van der Waals surface area contributed by atoms with Gasteiger partial charge in [-0.15, -0.1) is 0 Å². The molecule has 4 rings (SSSR count). The molecule has 1 heterocycles. The lowest BCUT2D eigenvalue weighted by atomic mass is 10.0. The molecule has 0 bridgehead atoms. The third-order valence-corrected chi connectivity index (χ3v) is 5.97. The van der Waals surface area contributed by atoms with E-state index in [-0.39, 0.29) is 11.5 Å². The zero-order chi connectivity index (χ0) is 24.1. The number of rotatable bonds is 9. The van der Waals surface area contributed by atoms with Crippen LogP contribution in [0, 0.1) is 0 Å². The lowest BCUT2D eigenvalue weighted by molar-refractivity contribution is 0.0696. The van der Waals surface area contributed by atoms with Crippen LogP contribution in [0.2, 0.25) is 0 Å². The molecule has 0 aliphatic rings. The van der Waals surface area contributed by atoms with Gasteiger partial charge in [0, 0.05) is 61.1 Å². The number of amides is 1. The number of benzene rings is 3. The van der Waals surface area contributed by atoms with Crippen molar-refractivity contribution in [3.63, 3.8) is 0 Å². The normalized spacial score (nSPS) is 10.9. The Kier molecular flexibility index (Phi) is 6.97. The molecule has 2 N–H and O–H groups in total. The number of nitrogens with one attached hydrogen (secondary N) is 1. The lowest BCUT2D eigenvalue weighted by Gasteiger charge is -2.12. The number of carbonyl (C=O) groups is 2. The van der Waals surface area contributed by atoms with Crippen molar-refractivity contribution in [3.05, 3.63) is 90.1 Å². The number of aromatic carboxylic acids is 1. The first kappa shape index (κ1) is 23.1. The van der Waals surface area contributed by atoms with Crippen LogP contribution in [0.15, 0.2) is 79.0 Å². The van der Waals surface area contributed by atoms with E-state index in [4.69, 9.17) is 0 Å². The highest BCUT2D eigenvalue weighted by Gasteiger charge is 2.13. The molecule has 0 saturated carbocycles. The van der Waals surface area contributed by atoms with Crippen LogP contribution >= 0.6 is 0 Å². The Morgan fingerprint density at radius 1 is 0.912 bits per heavy atom. The number of hydrogen-bond acceptors (Lipinski definition) is 3. The van der Waals surface area contributed by atoms with Crippen LogP contribution < -0.4 is 10.2 Å². The van der Waals surface area contributed by atoms with Gasteiger partial charge in [0.25, 0.3) is 5.91 Å². The molecule has 0 fully saturated rings. The summed E-state index contributed by atoms with van der Waals surface area (Å²) < 4.78 is 2.12. The highest BCUT2D eigenvalue weighted by molar-refractivity contribution is 6.00. The number of anilines is 1. The van der Waals surface area contributed by atoms with Crippen LogP contribution in [0.5, 0.6) is 0 Å². The van der Waals surface area contributed by atoms with Crippen molar-refractivity contribution in [2.24, 2.45) is 0 Å². The fraction of sp³-hybridized carbons (Fsp3) is 0.214. The van der Waals surface area contributed by atoms with Crippen molar-refractivity contribution in [3.8, 4) is 11.1 Å². The Morgan fingerprint density at radius 3 is 2.29 bits per heavy atom. The monoisotopic (exact) mass is 455 g/mol. The van der Waals surface area contributed by atoms with E-state index in [0.29, 0.717) is 12.1 Å². The number of fused-ring (bicyclic) bond motifs is 1. The number of carboxylic acid groups (broad SMARTS) is 1. The molecule has 4 aromatic rings. The maximum atomic E-state index is 12.4. The van der Waals surface area contributed by atoms with Crippen LogP contribution in [0.25, 0.3) is 22.0 Å². The summed E-state index contributed by atoms with van der Waals surface area (Å²) in [5, 5.41) is 13.5. The standard InChI is InChI=1S/C28H29N3O3/c1-30(2)23-13-10-21(11-14-23)27(32)29-16-6-7-17-31-19-25(20-8-4-3-5-9-20)24-15-12-22(28(33)34)18-26(24)31/h3-5,8-15,18-19H,6-7,16-17H2,1-2H3,(H,29,32)(H,33,34). The fourth-order valence-corrected chi connectivity index (χ4v) is 4.08. The summed E-state index contributed by atoms with van der Waals surface area (Å²) in [5.41, 5.74) is 5.07. The van der Waals surface area contributed by atoms with Crippen molar-refractivity contribution in [2.45, 2.75) is 19.4 Å². The quantitative estimate of drug-likeness (QED) is 0.337. The minimum absolute atomic E-state index is 0.0748. The topological polar surface area (TPSA) is 74.6 Å². The first-order chi connectivity index (χ1) is 16.4. The number of hydrogen-bond donors (Lipinski definition) is 2. The maximum Gasteiger partial charge on any atom is 0.335 e. The molecule has 174 valence electrons. The summed E-state index contributed by atoms with van der Waals surface area (Å²) in [6.07, 6.45) is 3.77. The first-order valence-corrected chi connectivity index (χ1v) is 11.4. The average Bonchev–Trinajstić information content (AvgIpc) is 3.22. The van der Waals surface area contributed by atoms with Crippen molar-refractivity contribution in [1.29, 1.82) is 0 Å². The fourth-order valence-electron chi connectivity index (χ4n) is 4.08. The predicted molar refractivity (Wildman–Crippen MR) is 137 cm³/mol. The minimum atomic E-state index is -0.933. The summed E-state index contributed by atoms with van der Waals surface area (Å²) >= 11 is 0. The molecule has 34 heavy (non-hydrogen) atoms. The molecule has 6 nitrogen and oxygen atoms in total. The Balaban J connectivity index is 1.41. The third kappa shape index (κ3) is 5.12. The Morgan fingerprint density at radius 2 is 1.62 bits per heavy atom. The van der Waals surface area contributed by atoms with Gasteiger partial charge in [-0.25, -0.2) is 4.79 Å². The molecule has 6 heteroatoms. The molecular formula is C28H29N3O3. The molecule has 0 radical (unpaired) electrons. The number of aryl methyl sites for hydroxylation is 1. The van der Waals surface area contributed by atoms with Crippen molar-refractivity contribution < 1.29 is 14.7 Å². The summed E-state index contributed by atoms with van der Waals surface area (Å²) in [6.45, 7) is 1.32. The number of nitrogens with zero attached hydrogens (tertiary/aromatic N) is 2. The molecule has 0 aliphatic heterocycles. The number of aromatic nitrogens is 1. The van der Waals surface area contributed by atoms with Gasteiger partial charge in [-0.2, -0.15) is 0 Å². The van der Waals surface area contributed by atoms with Crippen LogP contribution in [-0.2, 0) is 6.54 Å². The number of carbonyl (C=O) groups excluding carboxylic acids is 1. The van der Waals surface area contributed by atoms with Gasteiger partial charge in [0.1, 0.15) is 0 Å². The summed E-state index contributed by atoms with van der Waals surface area (Å²) in [4.78, 5) is 25.9. The Hall–Kier alpha value is -4.06. The molecule has 0 saturated heterocycles. The van der Waals surface area contributed by atoms with Crippen molar-refractivity contribution in [2.75, 3.05) is 25.5 Å². The molecule has 0 atom stereocenters. The number of carboxylic acids is 1. The van der Waals surface area contributed by atoms with Gasteiger partial charge in [-0.3, -0.25) is 4.79 Å². The van der Waals surface area contributed by atoms with E-state index in [1.54, 1.807) is 12.1 Å². The Labute approximate surface area is 199 Å². The van der Waals surface area contributed by atoms with Gasteiger partial charge in [-0.05, 0) is 54.8 Å². The van der Waals surface area contributed by atoms with E-state index >= 15 is 0 Å². The lowest BCUT2D eigenvalue weighted by Crippen LogP contribution is -2.24. The van der Waals surface area contributed by atoms with Crippen LogP contribution in [0.3, 0.4) is 0 Å². The second-order valence-electron chi connectivity index (χ2n) is 8.54. The predicted octanol–water partition coefficient (Wildman–Crippen LogP) is 5.28. The van der Waals surface area contributed by atoms with E-state index < -0.39 is 5.97 Å². The number of unbranched alkanes of at least 4 members (excludes halogenated alkanes) is 1. The van der Waals surface area contributed by atoms with Crippen molar-refractivity contribution in [1.82, 2.24) is 9.88 Å². The zero-order valence-corrected chi connectivity index (χ0v) is 19.5. The molecule has 0 spiro atoms.